The molecule has 2 N–H and O–H groups in total. The number of β-amino-alcohol motifs (C(OH)–C–C–N with tert-alkyl or cyclic N) is 1. The lowest BCUT2D eigenvalue weighted by atomic mass is 10.2. The van der Waals surface area contributed by atoms with Crippen molar-refractivity contribution in [1.82, 2.24) is 10.2 Å². The molecule has 1 heterocycles. The van der Waals surface area contributed by atoms with Crippen LogP contribution in [0.2, 0.25) is 0 Å². The minimum atomic E-state index is -0.171. The Kier molecular flexibility index (Phi) is 3.30. The Labute approximate surface area is 68.4 Å². The molecule has 0 unspecified atom stereocenters. The van der Waals surface area contributed by atoms with E-state index in [2.05, 4.69) is 24.1 Å². The number of rotatable bonds is 3. The normalized spacial score (nSPS) is 31.6. The van der Waals surface area contributed by atoms with Crippen LogP contribution in [-0.4, -0.2) is 48.3 Å². The summed E-state index contributed by atoms with van der Waals surface area (Å²) in [7, 11) is 0. The average Bonchev–Trinajstić information content (AvgIpc) is 2.40. The zero-order valence-corrected chi connectivity index (χ0v) is 7.38. The summed E-state index contributed by atoms with van der Waals surface area (Å²) in [5.41, 5.74) is 0. The van der Waals surface area contributed by atoms with Crippen LogP contribution in [0.1, 0.15) is 13.8 Å². The summed E-state index contributed by atoms with van der Waals surface area (Å²) >= 11 is 0. The summed E-state index contributed by atoms with van der Waals surface area (Å²) in [6, 6.07) is 0.338. The largest absolute Gasteiger partial charge is 0.390 e. The molecule has 66 valence electrons. The molecule has 1 aliphatic heterocycles. The van der Waals surface area contributed by atoms with Gasteiger partial charge in [0.2, 0.25) is 0 Å². The third-order valence-corrected chi connectivity index (χ3v) is 2.43. The van der Waals surface area contributed by atoms with Gasteiger partial charge in [-0.15, -0.1) is 0 Å². The van der Waals surface area contributed by atoms with Crippen molar-refractivity contribution in [3.05, 3.63) is 0 Å². The van der Waals surface area contributed by atoms with E-state index in [0.29, 0.717) is 6.04 Å². The summed E-state index contributed by atoms with van der Waals surface area (Å²) in [4.78, 5) is 2.30. The molecule has 1 rings (SSSR count). The molecule has 1 fully saturated rings. The van der Waals surface area contributed by atoms with Gasteiger partial charge < -0.3 is 10.4 Å². The van der Waals surface area contributed by atoms with Gasteiger partial charge >= 0.3 is 0 Å². The second-order valence-electron chi connectivity index (χ2n) is 3.01. The van der Waals surface area contributed by atoms with Crippen molar-refractivity contribution < 1.29 is 5.11 Å². The predicted molar refractivity (Wildman–Crippen MR) is 45.6 cm³/mol. The van der Waals surface area contributed by atoms with Crippen molar-refractivity contribution in [2.75, 3.05) is 26.2 Å². The maximum absolute atomic E-state index is 9.52. The molecule has 1 saturated heterocycles. The monoisotopic (exact) mass is 158 g/mol. The van der Waals surface area contributed by atoms with Crippen LogP contribution in [-0.2, 0) is 0 Å². The summed E-state index contributed by atoms with van der Waals surface area (Å²) in [6.45, 7) is 8.01. The fraction of sp³-hybridized carbons (Fsp3) is 1.00. The summed E-state index contributed by atoms with van der Waals surface area (Å²) < 4.78 is 0. The Morgan fingerprint density at radius 3 is 2.36 bits per heavy atom. The SMILES string of the molecule is CCN(CC)[C@H]1CNC[C@@H]1O. The number of hydrogen-bond acceptors (Lipinski definition) is 3. The van der Waals surface area contributed by atoms with Crippen LogP contribution in [0, 0.1) is 0 Å². The highest BCUT2D eigenvalue weighted by Gasteiger charge is 2.28. The van der Waals surface area contributed by atoms with Crippen molar-refractivity contribution in [2.24, 2.45) is 0 Å². The third-order valence-electron chi connectivity index (χ3n) is 2.43. The van der Waals surface area contributed by atoms with Crippen molar-refractivity contribution >= 4 is 0 Å². The van der Waals surface area contributed by atoms with E-state index in [-0.39, 0.29) is 6.10 Å². The van der Waals surface area contributed by atoms with Gasteiger partial charge in [0.15, 0.2) is 0 Å². The van der Waals surface area contributed by atoms with E-state index in [1.165, 1.54) is 0 Å². The first-order chi connectivity index (χ1) is 5.29. The van der Waals surface area contributed by atoms with E-state index in [1.54, 1.807) is 0 Å². The molecule has 0 amide bonds. The molecule has 0 radical (unpaired) electrons. The number of aliphatic hydroxyl groups is 1. The van der Waals surface area contributed by atoms with Crippen LogP contribution in [0.5, 0.6) is 0 Å². The molecule has 11 heavy (non-hydrogen) atoms. The highest BCUT2D eigenvalue weighted by Crippen LogP contribution is 2.07. The molecule has 3 heteroatoms. The van der Waals surface area contributed by atoms with Crippen LogP contribution in [0.4, 0.5) is 0 Å². The molecule has 0 aromatic heterocycles. The zero-order chi connectivity index (χ0) is 8.27. The van der Waals surface area contributed by atoms with Gasteiger partial charge in [-0.2, -0.15) is 0 Å². The smallest absolute Gasteiger partial charge is 0.0831 e. The molecule has 2 atom stereocenters. The van der Waals surface area contributed by atoms with Gasteiger partial charge in [-0.05, 0) is 13.1 Å². The molecule has 0 bridgehead atoms. The van der Waals surface area contributed by atoms with Crippen LogP contribution in [0.15, 0.2) is 0 Å². The number of likely N-dealkylation sites (N-methyl/N-ethyl adjacent to an activating group) is 1. The lowest BCUT2D eigenvalue weighted by molar-refractivity contribution is 0.0899. The zero-order valence-electron chi connectivity index (χ0n) is 7.38. The molecule has 0 aromatic carbocycles. The molecule has 3 nitrogen and oxygen atoms in total. The lowest BCUT2D eigenvalue weighted by Gasteiger charge is -2.27. The number of hydrogen-bond donors (Lipinski definition) is 2. The van der Waals surface area contributed by atoms with Crippen molar-refractivity contribution in [2.45, 2.75) is 26.0 Å². The van der Waals surface area contributed by atoms with Gasteiger partial charge in [-0.1, -0.05) is 13.8 Å². The minimum absolute atomic E-state index is 0.171. The fourth-order valence-electron chi connectivity index (χ4n) is 1.72. The van der Waals surface area contributed by atoms with Crippen LogP contribution in [0.3, 0.4) is 0 Å². The van der Waals surface area contributed by atoms with E-state index in [1.807, 2.05) is 0 Å². The number of nitrogens with zero attached hydrogens (tertiary/aromatic N) is 1. The van der Waals surface area contributed by atoms with Crippen LogP contribution in [0.25, 0.3) is 0 Å². The first-order valence-electron chi connectivity index (χ1n) is 4.42. The maximum Gasteiger partial charge on any atom is 0.0831 e. The first kappa shape index (κ1) is 8.97. The van der Waals surface area contributed by atoms with E-state index in [0.717, 1.165) is 26.2 Å². The Hall–Kier alpha value is -0.120. The van der Waals surface area contributed by atoms with E-state index >= 15 is 0 Å². The molecular weight excluding hydrogens is 140 g/mol. The highest BCUT2D eigenvalue weighted by molar-refractivity contribution is 4.87. The van der Waals surface area contributed by atoms with Gasteiger partial charge in [0.05, 0.1) is 6.10 Å². The Morgan fingerprint density at radius 1 is 1.36 bits per heavy atom. The average molecular weight is 158 g/mol. The number of aliphatic hydroxyl groups excluding tert-OH is 1. The molecule has 0 saturated carbocycles. The lowest BCUT2D eigenvalue weighted by Crippen LogP contribution is -2.42. The highest BCUT2D eigenvalue weighted by atomic mass is 16.3. The molecule has 0 aliphatic carbocycles. The molecular formula is C8H18N2O. The van der Waals surface area contributed by atoms with E-state index < -0.39 is 0 Å². The predicted octanol–water partition coefficient (Wildman–Crippen LogP) is -0.339. The maximum atomic E-state index is 9.52. The van der Waals surface area contributed by atoms with Gasteiger partial charge in [0.1, 0.15) is 0 Å². The standard InChI is InChI=1S/C8H18N2O/c1-3-10(4-2)7-5-9-6-8(7)11/h7-9,11H,3-6H2,1-2H3/t7-,8-/m0/s1. The second-order valence-corrected chi connectivity index (χ2v) is 3.01. The summed E-state index contributed by atoms with van der Waals surface area (Å²) in [5, 5.41) is 12.7. The number of nitrogens with one attached hydrogen (secondary N) is 1. The van der Waals surface area contributed by atoms with E-state index in [9.17, 15) is 5.11 Å². The Bertz CT molecular complexity index is 115. The fourth-order valence-corrected chi connectivity index (χ4v) is 1.72. The Balaban J connectivity index is 2.43. The molecule has 0 spiro atoms. The topological polar surface area (TPSA) is 35.5 Å². The van der Waals surface area contributed by atoms with Crippen LogP contribution < -0.4 is 5.32 Å². The van der Waals surface area contributed by atoms with Crippen LogP contribution >= 0.6 is 0 Å². The van der Waals surface area contributed by atoms with Gasteiger partial charge in [-0.3, -0.25) is 4.90 Å². The van der Waals surface area contributed by atoms with E-state index in [4.69, 9.17) is 0 Å². The quantitative estimate of drug-likeness (QED) is 0.590. The molecule has 1 aliphatic rings. The van der Waals surface area contributed by atoms with Crippen molar-refractivity contribution in [3.8, 4) is 0 Å². The molecule has 0 aromatic rings. The van der Waals surface area contributed by atoms with Crippen molar-refractivity contribution in [3.63, 3.8) is 0 Å². The Morgan fingerprint density at radius 2 is 2.00 bits per heavy atom. The second kappa shape index (κ2) is 4.04. The third kappa shape index (κ3) is 1.92. The first-order valence-corrected chi connectivity index (χ1v) is 4.42. The summed E-state index contributed by atoms with van der Waals surface area (Å²) in [5.74, 6) is 0. The minimum Gasteiger partial charge on any atom is -0.390 e. The van der Waals surface area contributed by atoms with Gasteiger partial charge in [0.25, 0.3) is 0 Å². The summed E-state index contributed by atoms with van der Waals surface area (Å²) in [6.07, 6.45) is -0.171. The van der Waals surface area contributed by atoms with Gasteiger partial charge in [0, 0.05) is 19.1 Å². The van der Waals surface area contributed by atoms with Crippen molar-refractivity contribution in [1.29, 1.82) is 0 Å². The van der Waals surface area contributed by atoms with Gasteiger partial charge in [-0.25, -0.2) is 0 Å².